The molecule has 0 aliphatic heterocycles. The number of rotatable bonds is 7. The lowest BCUT2D eigenvalue weighted by Crippen LogP contribution is -2.44. The predicted octanol–water partition coefficient (Wildman–Crippen LogP) is 3.19. The first-order valence-electron chi connectivity index (χ1n) is 6.92. The van der Waals surface area contributed by atoms with Gasteiger partial charge in [-0.05, 0) is 38.8 Å². The Bertz CT molecular complexity index is 331. The van der Waals surface area contributed by atoms with Gasteiger partial charge in [0.15, 0.2) is 0 Å². The lowest BCUT2D eigenvalue weighted by Gasteiger charge is -2.30. The molecule has 0 heterocycles. The molecule has 0 amide bonds. The van der Waals surface area contributed by atoms with E-state index in [1.54, 1.807) is 0 Å². The van der Waals surface area contributed by atoms with Crippen molar-refractivity contribution in [3.8, 4) is 0 Å². The Balaban J connectivity index is 2.72. The molecule has 1 rings (SSSR count). The van der Waals surface area contributed by atoms with Gasteiger partial charge in [-0.1, -0.05) is 43.7 Å². The van der Waals surface area contributed by atoms with E-state index < -0.39 is 0 Å². The number of nitrogens with one attached hydrogen (secondary N) is 1. The zero-order valence-corrected chi connectivity index (χ0v) is 12.4. The topological polar surface area (TPSA) is 21.3 Å². The molecular weight excluding hydrogens is 222 g/mol. The molecule has 0 saturated carbocycles. The lowest BCUT2D eigenvalue weighted by atomic mass is 9.93. The van der Waals surface area contributed by atoms with Gasteiger partial charge in [-0.25, -0.2) is 0 Å². The van der Waals surface area contributed by atoms with Crippen LogP contribution in [-0.2, 0) is 11.2 Å². The number of hydrogen-bond acceptors (Lipinski definition) is 2. The number of likely N-dealkylation sites (N-methyl/N-ethyl adjacent to an activating group) is 1. The molecule has 0 spiro atoms. The molecule has 0 bridgehead atoms. The van der Waals surface area contributed by atoms with E-state index in [0.717, 1.165) is 13.0 Å². The Labute approximate surface area is 112 Å². The Kier molecular flexibility index (Phi) is 6.37. The summed E-state index contributed by atoms with van der Waals surface area (Å²) in [5, 5.41) is 3.41. The molecule has 2 atom stereocenters. The molecule has 1 aromatic rings. The average Bonchev–Trinajstić information content (AvgIpc) is 2.35. The maximum Gasteiger partial charge on any atom is 0.0753 e. The molecule has 1 aromatic carbocycles. The van der Waals surface area contributed by atoms with Gasteiger partial charge in [0, 0.05) is 12.6 Å². The van der Waals surface area contributed by atoms with E-state index in [2.05, 4.69) is 57.3 Å². The number of ether oxygens (including phenoxy) is 1. The van der Waals surface area contributed by atoms with Crippen LogP contribution in [0.5, 0.6) is 0 Å². The van der Waals surface area contributed by atoms with E-state index in [1.807, 2.05) is 7.05 Å². The summed E-state index contributed by atoms with van der Waals surface area (Å²) in [6.07, 6.45) is 1.28. The van der Waals surface area contributed by atoms with Crippen molar-refractivity contribution in [3.05, 3.63) is 35.4 Å². The molecule has 0 aliphatic carbocycles. The second-order valence-corrected chi connectivity index (χ2v) is 5.25. The monoisotopic (exact) mass is 249 g/mol. The summed E-state index contributed by atoms with van der Waals surface area (Å²) in [5.74, 6) is 0.521. The highest BCUT2D eigenvalue weighted by Gasteiger charge is 2.23. The van der Waals surface area contributed by atoms with Crippen molar-refractivity contribution in [2.75, 3.05) is 13.7 Å². The maximum atomic E-state index is 5.89. The summed E-state index contributed by atoms with van der Waals surface area (Å²) in [6.45, 7) is 9.40. The van der Waals surface area contributed by atoms with Crippen LogP contribution in [0.15, 0.2) is 24.3 Å². The quantitative estimate of drug-likeness (QED) is 0.801. The Hall–Kier alpha value is -0.860. The van der Waals surface area contributed by atoms with E-state index in [0.29, 0.717) is 12.0 Å². The molecule has 0 fully saturated rings. The fraction of sp³-hybridized carbons (Fsp3) is 0.625. The highest BCUT2D eigenvalue weighted by molar-refractivity contribution is 5.22. The smallest absolute Gasteiger partial charge is 0.0753 e. The van der Waals surface area contributed by atoms with Crippen LogP contribution < -0.4 is 5.32 Å². The molecule has 2 heteroatoms. The zero-order chi connectivity index (χ0) is 13.5. The first kappa shape index (κ1) is 15.2. The summed E-state index contributed by atoms with van der Waals surface area (Å²) in [5.41, 5.74) is 2.68. The highest BCUT2D eigenvalue weighted by Crippen LogP contribution is 2.16. The minimum Gasteiger partial charge on any atom is -0.377 e. The van der Waals surface area contributed by atoms with Crippen molar-refractivity contribution >= 4 is 0 Å². The van der Waals surface area contributed by atoms with Crippen molar-refractivity contribution in [2.45, 2.75) is 46.3 Å². The summed E-state index contributed by atoms with van der Waals surface area (Å²) >= 11 is 0. The minimum atomic E-state index is 0.265. The van der Waals surface area contributed by atoms with Crippen molar-refractivity contribution < 1.29 is 4.74 Å². The molecule has 0 saturated heterocycles. The Morgan fingerprint density at radius 1 is 1.17 bits per heavy atom. The number of hydrogen-bond donors (Lipinski definition) is 1. The van der Waals surface area contributed by atoms with Gasteiger partial charge >= 0.3 is 0 Å². The molecular formula is C16H27NO. The molecule has 0 aromatic heterocycles. The number of aryl methyl sites for hydroxylation is 1. The van der Waals surface area contributed by atoms with E-state index in [1.165, 1.54) is 11.1 Å². The third-order valence-electron chi connectivity index (χ3n) is 3.36. The lowest BCUT2D eigenvalue weighted by molar-refractivity contribution is 0.00535. The summed E-state index contributed by atoms with van der Waals surface area (Å²) in [7, 11) is 2.02. The van der Waals surface area contributed by atoms with E-state index in [-0.39, 0.29) is 6.10 Å². The van der Waals surface area contributed by atoms with Crippen LogP contribution in [0.25, 0.3) is 0 Å². The van der Waals surface area contributed by atoms with E-state index in [9.17, 15) is 0 Å². The fourth-order valence-corrected chi connectivity index (χ4v) is 2.33. The Morgan fingerprint density at radius 2 is 1.78 bits per heavy atom. The summed E-state index contributed by atoms with van der Waals surface area (Å²) in [4.78, 5) is 0. The molecule has 102 valence electrons. The van der Waals surface area contributed by atoms with Crippen LogP contribution in [0.4, 0.5) is 0 Å². The molecule has 2 unspecified atom stereocenters. The zero-order valence-electron chi connectivity index (χ0n) is 12.4. The molecule has 0 radical (unpaired) electrons. The second kappa shape index (κ2) is 7.55. The largest absolute Gasteiger partial charge is 0.377 e. The SMILES string of the molecule is CCOC(C(C)C)C(Cc1ccc(C)cc1)NC. The minimum absolute atomic E-state index is 0.265. The van der Waals surface area contributed by atoms with Crippen LogP contribution in [0, 0.1) is 12.8 Å². The van der Waals surface area contributed by atoms with Crippen LogP contribution in [0.1, 0.15) is 31.9 Å². The Morgan fingerprint density at radius 3 is 2.22 bits per heavy atom. The predicted molar refractivity (Wildman–Crippen MR) is 78.0 cm³/mol. The van der Waals surface area contributed by atoms with Crippen LogP contribution in [-0.4, -0.2) is 25.8 Å². The third-order valence-corrected chi connectivity index (χ3v) is 3.36. The standard InChI is InChI=1S/C16H27NO/c1-6-18-16(12(2)3)15(17-5)11-14-9-7-13(4)8-10-14/h7-10,12,15-17H,6,11H2,1-5H3. The maximum absolute atomic E-state index is 5.89. The van der Waals surface area contributed by atoms with Crippen molar-refractivity contribution in [2.24, 2.45) is 5.92 Å². The van der Waals surface area contributed by atoms with Gasteiger partial charge in [0.25, 0.3) is 0 Å². The normalized spacial score (nSPS) is 14.8. The van der Waals surface area contributed by atoms with Gasteiger partial charge in [-0.3, -0.25) is 0 Å². The van der Waals surface area contributed by atoms with Gasteiger partial charge in [0.2, 0.25) is 0 Å². The first-order chi connectivity index (χ1) is 8.58. The first-order valence-corrected chi connectivity index (χ1v) is 6.92. The van der Waals surface area contributed by atoms with Gasteiger partial charge in [0.05, 0.1) is 6.10 Å². The van der Waals surface area contributed by atoms with Gasteiger partial charge < -0.3 is 10.1 Å². The van der Waals surface area contributed by atoms with Gasteiger partial charge in [0.1, 0.15) is 0 Å². The van der Waals surface area contributed by atoms with Crippen LogP contribution >= 0.6 is 0 Å². The molecule has 18 heavy (non-hydrogen) atoms. The van der Waals surface area contributed by atoms with Crippen molar-refractivity contribution in [1.82, 2.24) is 5.32 Å². The molecule has 0 aliphatic rings. The molecule has 1 N–H and O–H groups in total. The average molecular weight is 249 g/mol. The summed E-state index contributed by atoms with van der Waals surface area (Å²) < 4.78 is 5.89. The van der Waals surface area contributed by atoms with E-state index >= 15 is 0 Å². The third kappa shape index (κ3) is 4.43. The van der Waals surface area contributed by atoms with Crippen LogP contribution in [0.2, 0.25) is 0 Å². The van der Waals surface area contributed by atoms with Crippen LogP contribution in [0.3, 0.4) is 0 Å². The summed E-state index contributed by atoms with van der Waals surface area (Å²) in [6, 6.07) is 9.14. The second-order valence-electron chi connectivity index (χ2n) is 5.25. The fourth-order valence-electron chi connectivity index (χ4n) is 2.33. The number of benzene rings is 1. The van der Waals surface area contributed by atoms with Crippen molar-refractivity contribution in [1.29, 1.82) is 0 Å². The van der Waals surface area contributed by atoms with E-state index in [4.69, 9.17) is 4.74 Å². The van der Waals surface area contributed by atoms with Gasteiger partial charge in [-0.2, -0.15) is 0 Å². The van der Waals surface area contributed by atoms with Gasteiger partial charge in [-0.15, -0.1) is 0 Å². The molecule has 2 nitrogen and oxygen atoms in total. The highest BCUT2D eigenvalue weighted by atomic mass is 16.5. The van der Waals surface area contributed by atoms with Crippen molar-refractivity contribution in [3.63, 3.8) is 0 Å².